The third-order valence-electron chi connectivity index (χ3n) is 5.22. The third kappa shape index (κ3) is 6.36. The third-order valence-corrected chi connectivity index (χ3v) is 5.22. The molecule has 0 unspecified atom stereocenters. The molecule has 1 fully saturated rings. The van der Waals surface area contributed by atoms with Crippen molar-refractivity contribution in [3.05, 3.63) is 60.2 Å². The second-order valence-corrected chi connectivity index (χ2v) is 7.58. The molecule has 2 aromatic rings. The van der Waals surface area contributed by atoms with Crippen molar-refractivity contribution < 1.29 is 9.53 Å². The number of carbonyl (C=O) groups is 1. The van der Waals surface area contributed by atoms with Gasteiger partial charge in [0.15, 0.2) is 0 Å². The maximum absolute atomic E-state index is 12.3. The van der Waals surface area contributed by atoms with Gasteiger partial charge in [-0.15, -0.1) is 0 Å². The Morgan fingerprint density at radius 1 is 1.11 bits per heavy atom. The number of ether oxygens (including phenoxy) is 1. The number of benzene rings is 2. The Balaban J connectivity index is 1.36. The Morgan fingerprint density at radius 3 is 2.43 bits per heavy atom. The van der Waals surface area contributed by atoms with Gasteiger partial charge in [0.25, 0.3) is 0 Å². The summed E-state index contributed by atoms with van der Waals surface area (Å²) < 4.78 is 5.14. The Bertz CT molecular complexity index is 725. The van der Waals surface area contributed by atoms with Crippen molar-refractivity contribution in [2.75, 3.05) is 25.5 Å². The highest BCUT2D eigenvalue weighted by molar-refractivity contribution is 5.91. The average molecular weight is 382 g/mol. The van der Waals surface area contributed by atoms with Gasteiger partial charge in [-0.3, -0.25) is 9.69 Å². The summed E-state index contributed by atoms with van der Waals surface area (Å²) in [6.45, 7) is 5.30. The Morgan fingerprint density at radius 2 is 1.79 bits per heavy atom. The molecule has 1 amide bonds. The van der Waals surface area contributed by atoms with E-state index in [4.69, 9.17) is 4.74 Å². The second kappa shape index (κ2) is 10.2. The van der Waals surface area contributed by atoms with E-state index in [1.165, 1.54) is 5.56 Å². The van der Waals surface area contributed by atoms with E-state index in [0.29, 0.717) is 12.5 Å². The molecule has 1 atom stereocenters. The quantitative estimate of drug-likeness (QED) is 0.733. The van der Waals surface area contributed by atoms with E-state index in [-0.39, 0.29) is 11.9 Å². The molecule has 1 heterocycles. The van der Waals surface area contributed by atoms with Crippen LogP contribution in [0.2, 0.25) is 0 Å². The predicted octanol–water partition coefficient (Wildman–Crippen LogP) is 3.67. The number of hydrogen-bond donors (Lipinski definition) is 2. The van der Waals surface area contributed by atoms with E-state index in [1.807, 2.05) is 24.3 Å². The molecule has 0 radical (unpaired) electrons. The number of piperidine rings is 1. The van der Waals surface area contributed by atoms with Crippen LogP contribution in [0, 0.1) is 0 Å². The minimum absolute atomic E-state index is 0.0340. The molecule has 0 aliphatic carbocycles. The van der Waals surface area contributed by atoms with Gasteiger partial charge in [0.2, 0.25) is 5.91 Å². The van der Waals surface area contributed by atoms with Crippen molar-refractivity contribution in [3.8, 4) is 5.75 Å². The molecular formula is C23H31N3O2. The van der Waals surface area contributed by atoms with Crippen LogP contribution in [0.15, 0.2) is 54.6 Å². The first-order valence-electron chi connectivity index (χ1n) is 10.1. The molecule has 1 saturated heterocycles. The number of nitrogens with one attached hydrogen (secondary N) is 2. The molecular weight excluding hydrogens is 350 g/mol. The van der Waals surface area contributed by atoms with Crippen molar-refractivity contribution in [1.29, 1.82) is 0 Å². The summed E-state index contributed by atoms with van der Waals surface area (Å²) in [5.41, 5.74) is 2.17. The fraction of sp³-hybridized carbons (Fsp3) is 0.435. The number of likely N-dealkylation sites (tertiary alicyclic amines) is 1. The Hall–Kier alpha value is -2.37. The van der Waals surface area contributed by atoms with Crippen LogP contribution in [0.1, 0.15) is 31.7 Å². The van der Waals surface area contributed by atoms with Gasteiger partial charge in [0.05, 0.1) is 7.11 Å². The fourth-order valence-corrected chi connectivity index (χ4v) is 3.73. The number of anilines is 1. The predicted molar refractivity (Wildman–Crippen MR) is 114 cm³/mol. The molecule has 150 valence electrons. The van der Waals surface area contributed by atoms with E-state index < -0.39 is 0 Å². The first-order valence-corrected chi connectivity index (χ1v) is 10.1. The number of hydrogen-bond acceptors (Lipinski definition) is 4. The van der Waals surface area contributed by atoms with Gasteiger partial charge in [-0.1, -0.05) is 30.3 Å². The first-order chi connectivity index (χ1) is 13.6. The summed E-state index contributed by atoms with van der Waals surface area (Å²) in [5, 5.41) is 6.58. The first kappa shape index (κ1) is 20.4. The molecule has 5 nitrogen and oxygen atoms in total. The highest BCUT2D eigenvalue weighted by Gasteiger charge is 2.21. The highest BCUT2D eigenvalue weighted by atomic mass is 16.5. The lowest BCUT2D eigenvalue weighted by molar-refractivity contribution is -0.116. The van der Waals surface area contributed by atoms with Crippen LogP contribution in [-0.4, -0.2) is 43.1 Å². The molecule has 0 aromatic heterocycles. The van der Waals surface area contributed by atoms with Gasteiger partial charge in [0, 0.05) is 30.7 Å². The van der Waals surface area contributed by atoms with E-state index in [0.717, 1.165) is 43.9 Å². The molecule has 2 aromatic carbocycles. The largest absolute Gasteiger partial charge is 0.497 e. The van der Waals surface area contributed by atoms with Crippen LogP contribution >= 0.6 is 0 Å². The highest BCUT2D eigenvalue weighted by Crippen LogP contribution is 2.17. The molecule has 1 aliphatic rings. The zero-order valence-corrected chi connectivity index (χ0v) is 16.9. The zero-order valence-electron chi connectivity index (χ0n) is 16.9. The van der Waals surface area contributed by atoms with Crippen LogP contribution < -0.4 is 15.4 Å². The van der Waals surface area contributed by atoms with E-state index in [9.17, 15) is 4.79 Å². The van der Waals surface area contributed by atoms with Gasteiger partial charge < -0.3 is 15.4 Å². The molecule has 0 spiro atoms. The standard InChI is InChI=1S/C23H31N3O2/c1-18(16-23(27)25-20-8-10-22(28-2)11-9-20)24-21-12-14-26(15-13-21)17-19-6-4-3-5-7-19/h3-11,18,21,24H,12-17H2,1-2H3,(H,25,27)/t18-/m1/s1. The topological polar surface area (TPSA) is 53.6 Å². The van der Waals surface area contributed by atoms with Crippen molar-refractivity contribution >= 4 is 11.6 Å². The lowest BCUT2D eigenvalue weighted by Crippen LogP contribution is -2.45. The van der Waals surface area contributed by atoms with E-state index in [1.54, 1.807) is 7.11 Å². The number of rotatable bonds is 8. The molecule has 2 N–H and O–H groups in total. The Kier molecular flexibility index (Phi) is 7.46. The summed E-state index contributed by atoms with van der Waals surface area (Å²) in [6, 6.07) is 18.7. The fourth-order valence-electron chi connectivity index (χ4n) is 3.73. The normalized spacial score (nSPS) is 16.5. The number of amides is 1. The summed E-state index contributed by atoms with van der Waals surface area (Å²) in [5.74, 6) is 0.818. The van der Waals surface area contributed by atoms with Crippen molar-refractivity contribution in [2.45, 2.75) is 44.8 Å². The SMILES string of the molecule is COc1ccc(NC(=O)C[C@@H](C)NC2CCN(Cc3ccccc3)CC2)cc1. The van der Waals surface area contributed by atoms with Gasteiger partial charge in [0.1, 0.15) is 5.75 Å². The van der Waals surface area contributed by atoms with Gasteiger partial charge in [-0.2, -0.15) is 0 Å². The maximum Gasteiger partial charge on any atom is 0.225 e. The van der Waals surface area contributed by atoms with Gasteiger partial charge >= 0.3 is 0 Å². The number of nitrogens with zero attached hydrogens (tertiary/aromatic N) is 1. The van der Waals surface area contributed by atoms with Crippen molar-refractivity contribution in [3.63, 3.8) is 0 Å². The van der Waals surface area contributed by atoms with E-state index in [2.05, 4.69) is 52.8 Å². The van der Waals surface area contributed by atoms with Crippen LogP contribution in [0.25, 0.3) is 0 Å². The summed E-state index contributed by atoms with van der Waals surface area (Å²) in [6.07, 6.45) is 2.71. The monoisotopic (exact) mass is 381 g/mol. The number of methoxy groups -OCH3 is 1. The molecule has 3 rings (SSSR count). The van der Waals surface area contributed by atoms with Crippen LogP contribution in [0.3, 0.4) is 0 Å². The molecule has 0 saturated carbocycles. The van der Waals surface area contributed by atoms with Crippen molar-refractivity contribution in [1.82, 2.24) is 10.2 Å². The Labute approximate surface area is 168 Å². The molecule has 1 aliphatic heterocycles. The smallest absolute Gasteiger partial charge is 0.225 e. The lowest BCUT2D eigenvalue weighted by Gasteiger charge is -2.34. The number of carbonyl (C=O) groups excluding carboxylic acids is 1. The minimum atomic E-state index is 0.0340. The van der Waals surface area contributed by atoms with Crippen LogP contribution in [0.5, 0.6) is 5.75 Å². The maximum atomic E-state index is 12.3. The lowest BCUT2D eigenvalue weighted by atomic mass is 10.0. The van der Waals surface area contributed by atoms with Gasteiger partial charge in [-0.05, 0) is 62.7 Å². The zero-order chi connectivity index (χ0) is 19.8. The van der Waals surface area contributed by atoms with Crippen molar-refractivity contribution in [2.24, 2.45) is 0 Å². The van der Waals surface area contributed by atoms with Crippen LogP contribution in [0.4, 0.5) is 5.69 Å². The molecule has 0 bridgehead atoms. The van der Waals surface area contributed by atoms with Gasteiger partial charge in [-0.25, -0.2) is 0 Å². The summed E-state index contributed by atoms with van der Waals surface area (Å²) >= 11 is 0. The van der Waals surface area contributed by atoms with Crippen LogP contribution in [-0.2, 0) is 11.3 Å². The van der Waals surface area contributed by atoms with E-state index >= 15 is 0 Å². The second-order valence-electron chi connectivity index (χ2n) is 7.58. The summed E-state index contributed by atoms with van der Waals surface area (Å²) in [7, 11) is 1.63. The molecule has 5 heteroatoms. The minimum Gasteiger partial charge on any atom is -0.497 e. The molecule has 28 heavy (non-hydrogen) atoms. The average Bonchev–Trinajstić information content (AvgIpc) is 2.70. The summed E-state index contributed by atoms with van der Waals surface area (Å²) in [4.78, 5) is 14.8.